The van der Waals surface area contributed by atoms with Gasteiger partial charge in [-0.2, -0.15) is 0 Å². The maximum Gasteiger partial charge on any atom is 0.472 e. The number of aliphatic hydroxyl groups is 1. The number of carboxylic acid groups (broad SMARTS) is 1. The molecule has 1 aromatic rings. The van der Waals surface area contributed by atoms with Crippen molar-refractivity contribution in [2.75, 3.05) is 26.4 Å². The van der Waals surface area contributed by atoms with E-state index in [2.05, 4.69) is 16.0 Å². The van der Waals surface area contributed by atoms with Crippen LogP contribution in [-0.4, -0.2) is 65.6 Å². The van der Waals surface area contributed by atoms with Crippen molar-refractivity contribution >= 4 is 19.8 Å². The van der Waals surface area contributed by atoms with Crippen LogP contribution in [0.2, 0.25) is 0 Å². The average molecular weight is 618 g/mol. The Morgan fingerprint density at radius 2 is 1.40 bits per heavy atom. The summed E-state index contributed by atoms with van der Waals surface area (Å²) in [5, 5.41) is 18.5. The molecule has 1 aromatic carbocycles. The van der Waals surface area contributed by atoms with Gasteiger partial charge >= 0.3 is 19.8 Å². The Kier molecular flexibility index (Phi) is 21.2. The highest BCUT2D eigenvalue weighted by atomic mass is 31.2. The van der Waals surface area contributed by atoms with Crippen molar-refractivity contribution in [1.82, 2.24) is 0 Å². The maximum absolute atomic E-state index is 12.2. The molecule has 0 amide bonds. The molecule has 0 aliphatic heterocycles. The number of carboxylic acids is 1. The molecule has 1 rings (SSSR count). The van der Waals surface area contributed by atoms with E-state index in [-0.39, 0.29) is 6.42 Å². The average Bonchev–Trinajstić information content (AvgIpc) is 2.97. The molecule has 0 bridgehead atoms. The minimum absolute atomic E-state index is 0.0569. The zero-order valence-electron chi connectivity index (χ0n) is 25.1. The number of hydrogen-bond acceptors (Lipinski definition) is 9. The first-order valence-electron chi connectivity index (χ1n) is 15.3. The molecule has 0 heterocycles. The standard InChI is InChI=1S/C30H52NO10P/c1-2-3-4-5-6-7-8-9-10-11-12-13-16-21-38-28-18-15-14-17-25(28)19-20-29(33)39-22-26(32)23-40-42(36,37)41-24-27(31)30(34)35/h14-15,17-18,26-27,32H,2-13,16,19-24,31H2,1H3,(H,34,35)(H,36,37)/t26-,27+/m1/s1. The van der Waals surface area contributed by atoms with Gasteiger partial charge in [0.25, 0.3) is 0 Å². The van der Waals surface area contributed by atoms with Gasteiger partial charge in [-0.1, -0.05) is 102 Å². The number of benzene rings is 1. The Balaban J connectivity index is 2.17. The van der Waals surface area contributed by atoms with Crippen LogP contribution in [0.25, 0.3) is 0 Å². The Morgan fingerprint density at radius 1 is 0.857 bits per heavy atom. The van der Waals surface area contributed by atoms with Crippen molar-refractivity contribution in [2.24, 2.45) is 5.73 Å². The second-order valence-corrected chi connectivity index (χ2v) is 12.0. The van der Waals surface area contributed by atoms with Crippen LogP contribution >= 0.6 is 7.82 Å². The molecule has 0 aliphatic rings. The van der Waals surface area contributed by atoms with Crippen LogP contribution < -0.4 is 10.5 Å². The molecule has 42 heavy (non-hydrogen) atoms. The number of phosphoric ester groups is 1. The van der Waals surface area contributed by atoms with Crippen LogP contribution in [-0.2, 0) is 34.4 Å². The quantitative estimate of drug-likeness (QED) is 0.0554. The summed E-state index contributed by atoms with van der Waals surface area (Å²) in [7, 11) is -4.63. The lowest BCUT2D eigenvalue weighted by Crippen LogP contribution is -2.34. The monoisotopic (exact) mass is 617 g/mol. The van der Waals surface area contributed by atoms with E-state index < -0.39 is 51.7 Å². The second-order valence-electron chi connectivity index (χ2n) is 10.5. The third-order valence-electron chi connectivity index (χ3n) is 6.68. The first kappa shape index (κ1) is 38.0. The fourth-order valence-corrected chi connectivity index (χ4v) is 4.95. The summed E-state index contributed by atoms with van der Waals surface area (Å²) in [6, 6.07) is 6.02. The normalized spacial score (nSPS) is 14.2. The van der Waals surface area contributed by atoms with Crippen LogP contribution in [0.3, 0.4) is 0 Å². The molecule has 3 atom stereocenters. The fourth-order valence-electron chi connectivity index (χ4n) is 4.16. The lowest BCUT2D eigenvalue weighted by molar-refractivity contribution is -0.147. The summed E-state index contributed by atoms with van der Waals surface area (Å²) < 4.78 is 31.8. The topological polar surface area (TPSA) is 175 Å². The number of unbranched alkanes of at least 4 members (excludes halogenated alkanes) is 12. The maximum atomic E-state index is 12.2. The molecule has 1 unspecified atom stereocenters. The number of aliphatic carboxylic acids is 1. The number of para-hydroxylation sites is 1. The largest absolute Gasteiger partial charge is 0.493 e. The van der Waals surface area contributed by atoms with Crippen molar-refractivity contribution in [3.8, 4) is 5.75 Å². The van der Waals surface area contributed by atoms with E-state index in [1.807, 2.05) is 24.3 Å². The van der Waals surface area contributed by atoms with Crippen LogP contribution in [0, 0.1) is 0 Å². The Labute approximate surface area is 250 Å². The minimum atomic E-state index is -4.63. The van der Waals surface area contributed by atoms with Crippen molar-refractivity contribution in [2.45, 2.75) is 115 Å². The zero-order chi connectivity index (χ0) is 31.1. The van der Waals surface area contributed by atoms with E-state index in [4.69, 9.17) is 20.3 Å². The number of aryl methyl sites for hydroxylation is 1. The van der Waals surface area contributed by atoms with Gasteiger partial charge in [0.1, 0.15) is 24.5 Å². The van der Waals surface area contributed by atoms with E-state index >= 15 is 0 Å². The molecule has 5 N–H and O–H groups in total. The molecule has 0 radical (unpaired) electrons. The third-order valence-corrected chi connectivity index (χ3v) is 7.63. The van der Waals surface area contributed by atoms with E-state index in [0.29, 0.717) is 13.0 Å². The van der Waals surface area contributed by atoms with Crippen LogP contribution in [0.4, 0.5) is 0 Å². The third kappa shape index (κ3) is 20.0. The number of carbonyl (C=O) groups excluding carboxylic acids is 1. The predicted molar refractivity (Wildman–Crippen MR) is 160 cm³/mol. The number of hydrogen-bond donors (Lipinski definition) is 4. The van der Waals surface area contributed by atoms with Crippen LogP contribution in [0.1, 0.15) is 102 Å². The Morgan fingerprint density at radius 3 is 2.00 bits per heavy atom. The molecule has 0 saturated carbocycles. The number of phosphoric acid groups is 1. The van der Waals surface area contributed by atoms with E-state index in [9.17, 15) is 24.2 Å². The lowest BCUT2D eigenvalue weighted by Gasteiger charge is -2.16. The number of carbonyl (C=O) groups is 2. The Hall–Kier alpha value is -2.01. The summed E-state index contributed by atoms with van der Waals surface area (Å²) in [6.45, 7) is 0.995. The van der Waals surface area contributed by atoms with Gasteiger partial charge in [-0.3, -0.25) is 18.6 Å². The highest BCUT2D eigenvalue weighted by Gasteiger charge is 2.26. The predicted octanol–water partition coefficient (Wildman–Crippen LogP) is 5.54. The Bertz CT molecular complexity index is 916. The molecule has 0 aromatic heterocycles. The van der Waals surface area contributed by atoms with E-state index in [1.165, 1.54) is 70.6 Å². The summed E-state index contributed by atoms with van der Waals surface area (Å²) in [6.07, 6.45) is 15.8. The molecule has 11 nitrogen and oxygen atoms in total. The van der Waals surface area contributed by atoms with Gasteiger partial charge in [-0.15, -0.1) is 0 Å². The zero-order valence-corrected chi connectivity index (χ0v) is 26.0. The molecule has 0 saturated heterocycles. The summed E-state index contributed by atoms with van der Waals surface area (Å²) in [4.78, 5) is 32.3. The van der Waals surface area contributed by atoms with E-state index in [0.717, 1.165) is 24.2 Å². The number of aliphatic hydroxyl groups excluding tert-OH is 1. The van der Waals surface area contributed by atoms with Gasteiger partial charge < -0.3 is 30.3 Å². The summed E-state index contributed by atoms with van der Waals surface area (Å²) >= 11 is 0. The number of esters is 1. The molecule has 242 valence electrons. The van der Waals surface area contributed by atoms with Crippen molar-refractivity contribution in [1.29, 1.82) is 0 Å². The molecular weight excluding hydrogens is 565 g/mol. The lowest BCUT2D eigenvalue weighted by atomic mass is 10.0. The minimum Gasteiger partial charge on any atom is -0.493 e. The number of ether oxygens (including phenoxy) is 2. The molecular formula is C30H52NO10P. The highest BCUT2D eigenvalue weighted by molar-refractivity contribution is 7.47. The molecule has 0 aliphatic carbocycles. The molecule has 12 heteroatoms. The van der Waals surface area contributed by atoms with Gasteiger partial charge in [0, 0.05) is 6.42 Å². The molecule has 0 spiro atoms. The van der Waals surface area contributed by atoms with Gasteiger partial charge in [0.2, 0.25) is 0 Å². The van der Waals surface area contributed by atoms with Crippen molar-refractivity contribution in [3.05, 3.63) is 29.8 Å². The van der Waals surface area contributed by atoms with Gasteiger partial charge in [0.05, 0.1) is 19.8 Å². The van der Waals surface area contributed by atoms with Crippen molar-refractivity contribution in [3.63, 3.8) is 0 Å². The van der Waals surface area contributed by atoms with Gasteiger partial charge in [-0.05, 0) is 24.5 Å². The smallest absolute Gasteiger partial charge is 0.472 e. The first-order chi connectivity index (χ1) is 20.1. The van der Waals surface area contributed by atoms with Crippen LogP contribution in [0.15, 0.2) is 24.3 Å². The van der Waals surface area contributed by atoms with E-state index in [1.54, 1.807) is 0 Å². The van der Waals surface area contributed by atoms with Crippen LogP contribution in [0.5, 0.6) is 5.75 Å². The SMILES string of the molecule is CCCCCCCCCCCCCCCOc1ccccc1CCC(=O)OC[C@@H](O)COP(=O)(O)OC[C@H](N)C(=O)O. The fraction of sp³-hybridized carbons (Fsp3) is 0.733. The summed E-state index contributed by atoms with van der Waals surface area (Å²) in [5.41, 5.74) is 6.07. The highest BCUT2D eigenvalue weighted by Crippen LogP contribution is 2.43. The number of rotatable bonds is 27. The second kappa shape index (κ2) is 23.4. The van der Waals surface area contributed by atoms with Gasteiger partial charge in [-0.25, -0.2) is 4.57 Å². The van der Waals surface area contributed by atoms with Crippen molar-refractivity contribution < 1.29 is 47.8 Å². The number of nitrogens with two attached hydrogens (primary N) is 1. The summed E-state index contributed by atoms with van der Waals surface area (Å²) in [5.74, 6) is -1.24. The first-order valence-corrected chi connectivity index (χ1v) is 16.8. The molecule has 0 fully saturated rings. The van der Waals surface area contributed by atoms with Gasteiger partial charge in [0.15, 0.2) is 0 Å².